The number of carbonyl (C=O) groups excluding carboxylic acids is 1. The molecule has 0 aromatic heterocycles. The smallest absolute Gasteiger partial charge is 0.351 e. The second-order valence-electron chi connectivity index (χ2n) is 2.45. The largest absolute Gasteiger partial charge is 0.414 e. The van der Waals surface area contributed by atoms with Crippen molar-refractivity contribution in [2.24, 2.45) is 5.73 Å². The molecule has 0 aromatic carbocycles. The van der Waals surface area contributed by atoms with Crippen LogP contribution < -0.4 is 5.73 Å². The second-order valence-corrected chi connectivity index (χ2v) is 2.45. The van der Waals surface area contributed by atoms with Crippen LogP contribution in [0.4, 0.5) is 18.0 Å². The van der Waals surface area contributed by atoms with Gasteiger partial charge in [0, 0.05) is 6.54 Å². The van der Waals surface area contributed by atoms with Crippen molar-refractivity contribution in [3.8, 4) is 0 Å². The van der Waals surface area contributed by atoms with Crippen LogP contribution in [-0.2, 0) is 0 Å². The van der Waals surface area contributed by atoms with Gasteiger partial charge in [-0.05, 0) is 0 Å². The number of carbonyl (C=O) groups is 1. The maximum Gasteiger partial charge on any atom is 0.414 e. The molecule has 0 atom stereocenters. The van der Waals surface area contributed by atoms with E-state index in [9.17, 15) is 18.0 Å². The van der Waals surface area contributed by atoms with Crippen molar-refractivity contribution in [1.82, 2.24) is 4.90 Å². The van der Waals surface area contributed by atoms with Crippen molar-refractivity contribution in [2.75, 3.05) is 13.1 Å². The highest BCUT2D eigenvalue weighted by Crippen LogP contribution is 2.28. The highest BCUT2D eigenvalue weighted by Gasteiger charge is 2.37. The van der Waals surface area contributed by atoms with Crippen molar-refractivity contribution < 1.29 is 18.0 Å². The van der Waals surface area contributed by atoms with Gasteiger partial charge in [-0.3, -0.25) is 0 Å². The van der Waals surface area contributed by atoms with E-state index in [0.717, 1.165) is 11.0 Å². The SMILES string of the molecule is NC(=O)N1CC=C(C(F)(F)F)C1. The molecule has 0 saturated heterocycles. The van der Waals surface area contributed by atoms with Gasteiger partial charge in [-0.25, -0.2) is 4.79 Å². The Kier molecular flexibility index (Phi) is 1.99. The van der Waals surface area contributed by atoms with E-state index < -0.39 is 24.3 Å². The summed E-state index contributed by atoms with van der Waals surface area (Å²) in [7, 11) is 0. The first-order chi connectivity index (χ1) is 5.41. The van der Waals surface area contributed by atoms with Gasteiger partial charge in [-0.2, -0.15) is 13.2 Å². The third-order valence-electron chi connectivity index (χ3n) is 1.60. The standard InChI is InChI=1S/C6H7F3N2O/c7-6(8,9)4-1-2-11(3-4)5(10)12/h1H,2-3H2,(H2,10,12). The van der Waals surface area contributed by atoms with Crippen LogP contribution in [0, 0.1) is 0 Å². The first-order valence-corrected chi connectivity index (χ1v) is 3.22. The van der Waals surface area contributed by atoms with Crippen molar-refractivity contribution in [2.45, 2.75) is 6.18 Å². The van der Waals surface area contributed by atoms with Crippen LogP contribution >= 0.6 is 0 Å². The van der Waals surface area contributed by atoms with Gasteiger partial charge in [0.05, 0.1) is 12.1 Å². The number of nitrogens with two attached hydrogens (primary N) is 1. The van der Waals surface area contributed by atoms with Gasteiger partial charge in [0.25, 0.3) is 0 Å². The van der Waals surface area contributed by atoms with Crippen LogP contribution in [0.5, 0.6) is 0 Å². The number of primary amides is 1. The lowest BCUT2D eigenvalue weighted by molar-refractivity contribution is -0.0929. The minimum Gasteiger partial charge on any atom is -0.351 e. The quantitative estimate of drug-likeness (QED) is 0.552. The molecule has 0 bridgehead atoms. The molecule has 1 aliphatic rings. The fraction of sp³-hybridized carbons (Fsp3) is 0.500. The van der Waals surface area contributed by atoms with E-state index in [1.807, 2.05) is 0 Å². The van der Waals surface area contributed by atoms with Gasteiger partial charge in [-0.1, -0.05) is 6.08 Å². The zero-order valence-electron chi connectivity index (χ0n) is 6.06. The molecular formula is C6H7F3N2O. The van der Waals surface area contributed by atoms with Crippen LogP contribution in [0.2, 0.25) is 0 Å². The number of halogens is 3. The number of nitrogens with zero attached hydrogens (tertiary/aromatic N) is 1. The molecule has 12 heavy (non-hydrogen) atoms. The van der Waals surface area contributed by atoms with Crippen LogP contribution in [-0.4, -0.2) is 30.2 Å². The summed E-state index contributed by atoms with van der Waals surface area (Å²) in [6.45, 7) is -0.483. The molecule has 1 aliphatic heterocycles. The van der Waals surface area contributed by atoms with E-state index in [2.05, 4.69) is 0 Å². The van der Waals surface area contributed by atoms with Gasteiger partial charge >= 0.3 is 12.2 Å². The summed E-state index contributed by atoms with van der Waals surface area (Å²) in [5.41, 5.74) is 4.08. The molecule has 6 heteroatoms. The normalized spacial score (nSPS) is 17.9. The van der Waals surface area contributed by atoms with E-state index in [-0.39, 0.29) is 6.54 Å². The molecule has 0 radical (unpaired) electrons. The number of amides is 2. The highest BCUT2D eigenvalue weighted by atomic mass is 19.4. The highest BCUT2D eigenvalue weighted by molar-refractivity contribution is 5.73. The zero-order valence-corrected chi connectivity index (χ0v) is 6.06. The Morgan fingerprint density at radius 3 is 2.42 bits per heavy atom. The first kappa shape index (κ1) is 8.89. The van der Waals surface area contributed by atoms with E-state index in [1.165, 1.54) is 0 Å². The van der Waals surface area contributed by atoms with E-state index in [4.69, 9.17) is 5.73 Å². The molecule has 0 unspecified atom stereocenters. The minimum absolute atomic E-state index is 0.0514. The number of urea groups is 1. The topological polar surface area (TPSA) is 46.3 Å². The van der Waals surface area contributed by atoms with Crippen LogP contribution in [0.15, 0.2) is 11.6 Å². The number of hydrogen-bond donors (Lipinski definition) is 1. The van der Waals surface area contributed by atoms with Crippen molar-refractivity contribution in [1.29, 1.82) is 0 Å². The van der Waals surface area contributed by atoms with Crippen molar-refractivity contribution in [3.05, 3.63) is 11.6 Å². The molecule has 1 rings (SSSR count). The summed E-state index contributed by atoms with van der Waals surface area (Å²) in [4.78, 5) is 11.3. The summed E-state index contributed by atoms with van der Waals surface area (Å²) < 4.78 is 35.9. The molecule has 0 aromatic rings. The van der Waals surface area contributed by atoms with E-state index in [1.54, 1.807) is 0 Å². The second kappa shape index (κ2) is 2.69. The minimum atomic E-state index is -4.34. The van der Waals surface area contributed by atoms with Crippen LogP contribution in [0.25, 0.3) is 0 Å². The molecule has 0 aliphatic carbocycles. The third-order valence-corrected chi connectivity index (χ3v) is 1.60. The summed E-state index contributed by atoms with van der Waals surface area (Å²) in [6.07, 6.45) is -3.38. The summed E-state index contributed by atoms with van der Waals surface area (Å²) in [6, 6.07) is -0.828. The Balaban J connectivity index is 2.61. The van der Waals surface area contributed by atoms with Gasteiger partial charge < -0.3 is 10.6 Å². The van der Waals surface area contributed by atoms with Gasteiger partial charge in [0.2, 0.25) is 0 Å². The van der Waals surface area contributed by atoms with Crippen LogP contribution in [0.3, 0.4) is 0 Å². The maximum atomic E-state index is 12.0. The monoisotopic (exact) mass is 180 g/mol. The molecule has 2 amide bonds. The Hall–Kier alpha value is -1.20. The summed E-state index contributed by atoms with van der Waals surface area (Å²) in [5.74, 6) is 0. The van der Waals surface area contributed by atoms with Gasteiger partial charge in [-0.15, -0.1) is 0 Å². The molecule has 2 N–H and O–H groups in total. The van der Waals surface area contributed by atoms with Crippen molar-refractivity contribution in [3.63, 3.8) is 0 Å². The Labute approximate surface area is 66.6 Å². The average Bonchev–Trinajstić information content (AvgIpc) is 2.30. The fourth-order valence-electron chi connectivity index (χ4n) is 0.928. The fourth-order valence-corrected chi connectivity index (χ4v) is 0.928. The average molecular weight is 180 g/mol. The number of rotatable bonds is 0. The lowest BCUT2D eigenvalue weighted by atomic mass is 10.3. The molecule has 68 valence electrons. The first-order valence-electron chi connectivity index (χ1n) is 3.22. The summed E-state index contributed by atoms with van der Waals surface area (Å²) in [5, 5.41) is 0. The Bertz CT molecular complexity index is 233. The molecule has 1 heterocycles. The summed E-state index contributed by atoms with van der Waals surface area (Å²) >= 11 is 0. The molecule has 0 spiro atoms. The predicted molar refractivity (Wildman–Crippen MR) is 35.3 cm³/mol. The molecule has 0 saturated carbocycles. The van der Waals surface area contributed by atoms with Crippen molar-refractivity contribution >= 4 is 6.03 Å². The van der Waals surface area contributed by atoms with Crippen LogP contribution in [0.1, 0.15) is 0 Å². The Morgan fingerprint density at radius 1 is 1.58 bits per heavy atom. The lowest BCUT2D eigenvalue weighted by Gasteiger charge is -2.13. The number of hydrogen-bond acceptors (Lipinski definition) is 1. The van der Waals surface area contributed by atoms with Gasteiger partial charge in [0.1, 0.15) is 0 Å². The molecular weight excluding hydrogens is 173 g/mol. The third kappa shape index (κ3) is 1.69. The Morgan fingerprint density at radius 2 is 2.17 bits per heavy atom. The molecule has 3 nitrogen and oxygen atoms in total. The number of alkyl halides is 3. The lowest BCUT2D eigenvalue weighted by Crippen LogP contribution is -2.35. The molecule has 0 fully saturated rings. The van der Waals surface area contributed by atoms with E-state index >= 15 is 0 Å². The van der Waals surface area contributed by atoms with Gasteiger partial charge in [0.15, 0.2) is 0 Å². The zero-order chi connectivity index (χ0) is 9.35. The van der Waals surface area contributed by atoms with E-state index in [0.29, 0.717) is 0 Å². The predicted octanol–water partition coefficient (Wildman–Crippen LogP) is 0.869. The maximum absolute atomic E-state index is 12.0.